The lowest BCUT2D eigenvalue weighted by Gasteiger charge is -2.23. The molecular formula is C22H20N4O3S2. The number of carbonyl (C=O) groups excluding carboxylic acids is 1. The first kappa shape index (κ1) is 21.2. The molecule has 158 valence electrons. The van der Waals surface area contributed by atoms with Crippen LogP contribution < -0.4 is 10.9 Å². The zero-order valence-corrected chi connectivity index (χ0v) is 18.3. The Bertz CT molecular complexity index is 1240. The van der Waals surface area contributed by atoms with Crippen LogP contribution in [0.15, 0.2) is 64.4 Å². The molecule has 31 heavy (non-hydrogen) atoms. The van der Waals surface area contributed by atoms with Gasteiger partial charge in [-0.2, -0.15) is 0 Å². The minimum absolute atomic E-state index is 0.119. The van der Waals surface area contributed by atoms with Crippen LogP contribution in [0, 0.1) is 0 Å². The van der Waals surface area contributed by atoms with E-state index in [1.54, 1.807) is 29.3 Å². The predicted molar refractivity (Wildman–Crippen MR) is 127 cm³/mol. The Labute approximate surface area is 188 Å². The highest BCUT2D eigenvalue weighted by Crippen LogP contribution is 2.38. The predicted octanol–water partition coefficient (Wildman–Crippen LogP) is 3.06. The summed E-state index contributed by atoms with van der Waals surface area (Å²) in [6.45, 7) is 2.03. The molecule has 9 heteroatoms. The van der Waals surface area contributed by atoms with Gasteiger partial charge in [0.1, 0.15) is 15.8 Å². The molecule has 1 fully saturated rings. The number of hydrogen-bond acceptors (Lipinski definition) is 7. The fraction of sp³-hybridized carbons (Fsp3) is 0.182. The molecule has 3 aromatic rings. The Morgan fingerprint density at radius 3 is 2.68 bits per heavy atom. The lowest BCUT2D eigenvalue weighted by atomic mass is 10.1. The Morgan fingerprint density at radius 1 is 1.19 bits per heavy atom. The number of aliphatic hydroxyl groups excluding tert-OH is 1. The van der Waals surface area contributed by atoms with Crippen LogP contribution in [0.1, 0.15) is 24.1 Å². The molecule has 0 saturated carbocycles. The van der Waals surface area contributed by atoms with Crippen molar-refractivity contribution in [2.75, 3.05) is 18.5 Å². The third-order valence-electron chi connectivity index (χ3n) is 4.94. The molecule has 0 radical (unpaired) electrons. The fourth-order valence-corrected chi connectivity index (χ4v) is 4.77. The maximum atomic E-state index is 13.2. The summed E-state index contributed by atoms with van der Waals surface area (Å²) in [5.74, 6) is 0.0589. The fourth-order valence-electron chi connectivity index (χ4n) is 3.37. The van der Waals surface area contributed by atoms with Gasteiger partial charge in [-0.1, -0.05) is 60.4 Å². The van der Waals surface area contributed by atoms with Gasteiger partial charge >= 0.3 is 0 Å². The maximum Gasteiger partial charge on any atom is 0.267 e. The average Bonchev–Trinajstić information content (AvgIpc) is 3.07. The minimum atomic E-state index is -0.313. The van der Waals surface area contributed by atoms with E-state index in [2.05, 4.69) is 10.3 Å². The summed E-state index contributed by atoms with van der Waals surface area (Å²) in [6, 6.07) is 14.7. The number of aromatic nitrogens is 2. The SMILES string of the molecule is CC(c1ccccc1)N1C(=O)/C(=C/c2c(NCCO)nc3ccccn3c2=O)SC1=S. The number of rotatable bonds is 6. The summed E-state index contributed by atoms with van der Waals surface area (Å²) in [7, 11) is 0. The molecule has 2 aromatic heterocycles. The second-order valence-corrected chi connectivity index (χ2v) is 8.57. The molecule has 3 heterocycles. The molecule has 2 N–H and O–H groups in total. The number of thiocarbonyl (C=S) groups is 1. The molecule has 7 nitrogen and oxygen atoms in total. The van der Waals surface area contributed by atoms with Gasteiger partial charge in [0, 0.05) is 12.7 Å². The number of nitrogens with one attached hydrogen (secondary N) is 1. The van der Waals surface area contributed by atoms with Crippen LogP contribution in [0.3, 0.4) is 0 Å². The van der Waals surface area contributed by atoms with Gasteiger partial charge in [-0.15, -0.1) is 0 Å². The summed E-state index contributed by atoms with van der Waals surface area (Å²) >= 11 is 6.64. The maximum absolute atomic E-state index is 13.2. The number of fused-ring (bicyclic) bond motifs is 1. The Kier molecular flexibility index (Phi) is 6.17. The van der Waals surface area contributed by atoms with Gasteiger partial charge < -0.3 is 10.4 Å². The van der Waals surface area contributed by atoms with Crippen LogP contribution in [-0.2, 0) is 4.79 Å². The highest BCUT2D eigenvalue weighted by molar-refractivity contribution is 8.26. The monoisotopic (exact) mass is 452 g/mol. The summed E-state index contributed by atoms with van der Waals surface area (Å²) < 4.78 is 1.86. The van der Waals surface area contributed by atoms with Crippen LogP contribution in [-0.4, -0.2) is 42.8 Å². The van der Waals surface area contributed by atoms with Crippen molar-refractivity contribution in [3.63, 3.8) is 0 Å². The molecule has 1 unspecified atom stereocenters. The molecule has 1 amide bonds. The Morgan fingerprint density at radius 2 is 1.94 bits per heavy atom. The molecule has 1 atom stereocenters. The number of benzene rings is 1. The molecule has 1 aliphatic heterocycles. The molecular weight excluding hydrogens is 432 g/mol. The van der Waals surface area contributed by atoms with Crippen molar-refractivity contribution >= 4 is 51.7 Å². The second-order valence-electron chi connectivity index (χ2n) is 6.90. The van der Waals surface area contributed by atoms with Gasteiger partial charge in [0.25, 0.3) is 11.5 Å². The van der Waals surface area contributed by atoms with E-state index in [1.807, 2.05) is 37.3 Å². The number of thioether (sulfide) groups is 1. The summed E-state index contributed by atoms with van der Waals surface area (Å²) in [5.41, 5.74) is 1.37. The van der Waals surface area contributed by atoms with Gasteiger partial charge in [-0.25, -0.2) is 4.98 Å². The topological polar surface area (TPSA) is 86.9 Å². The van der Waals surface area contributed by atoms with Crippen molar-refractivity contribution in [1.82, 2.24) is 14.3 Å². The largest absolute Gasteiger partial charge is 0.395 e. The highest BCUT2D eigenvalue weighted by Gasteiger charge is 2.36. The molecule has 4 rings (SSSR count). The normalized spacial score (nSPS) is 16.3. The van der Waals surface area contributed by atoms with Crippen LogP contribution in [0.5, 0.6) is 0 Å². The molecule has 1 saturated heterocycles. The zero-order valence-electron chi connectivity index (χ0n) is 16.7. The first-order chi connectivity index (χ1) is 15.0. The van der Waals surface area contributed by atoms with Crippen molar-refractivity contribution < 1.29 is 9.90 Å². The smallest absolute Gasteiger partial charge is 0.267 e. The van der Waals surface area contributed by atoms with Crippen LogP contribution in [0.25, 0.3) is 11.7 Å². The number of aliphatic hydroxyl groups is 1. The van der Waals surface area contributed by atoms with E-state index in [0.29, 0.717) is 20.7 Å². The van der Waals surface area contributed by atoms with Crippen molar-refractivity contribution in [2.45, 2.75) is 13.0 Å². The number of anilines is 1. The third kappa shape index (κ3) is 4.12. The number of hydrogen-bond donors (Lipinski definition) is 2. The van der Waals surface area contributed by atoms with Crippen LogP contribution >= 0.6 is 24.0 Å². The van der Waals surface area contributed by atoms with Crippen molar-refractivity contribution in [1.29, 1.82) is 0 Å². The number of carbonyl (C=O) groups is 1. The van der Waals surface area contributed by atoms with E-state index in [4.69, 9.17) is 12.2 Å². The quantitative estimate of drug-likeness (QED) is 0.439. The van der Waals surface area contributed by atoms with Crippen LogP contribution in [0.4, 0.5) is 5.82 Å². The number of amides is 1. The molecule has 0 spiro atoms. The van der Waals surface area contributed by atoms with Crippen molar-refractivity contribution in [3.8, 4) is 0 Å². The van der Waals surface area contributed by atoms with Gasteiger partial charge in [-0.3, -0.25) is 18.9 Å². The Balaban J connectivity index is 1.76. The van der Waals surface area contributed by atoms with E-state index in [9.17, 15) is 14.7 Å². The standard InChI is InChI=1S/C22H20N4O3S2/c1-14(15-7-3-2-4-8-15)26-21(29)17(31-22(26)30)13-16-19(23-10-12-27)24-18-9-5-6-11-25(18)20(16)28/h2-9,11,13-14,23,27H,10,12H2,1H3/b17-13-. The van der Waals surface area contributed by atoms with Gasteiger partial charge in [0.15, 0.2) is 0 Å². The first-order valence-electron chi connectivity index (χ1n) is 9.69. The second kappa shape index (κ2) is 9.01. The first-order valence-corrected chi connectivity index (χ1v) is 10.9. The van der Waals surface area contributed by atoms with Crippen molar-refractivity contribution in [3.05, 3.63) is 81.1 Å². The summed E-state index contributed by atoms with van der Waals surface area (Å²) in [5, 5.41) is 12.2. The van der Waals surface area contributed by atoms with E-state index in [-0.39, 0.29) is 36.2 Å². The lowest BCUT2D eigenvalue weighted by molar-refractivity contribution is -0.123. The van der Waals surface area contributed by atoms with Crippen LogP contribution in [0.2, 0.25) is 0 Å². The van der Waals surface area contributed by atoms with Gasteiger partial charge in [0.2, 0.25) is 0 Å². The highest BCUT2D eigenvalue weighted by atomic mass is 32.2. The minimum Gasteiger partial charge on any atom is -0.395 e. The molecule has 1 aliphatic rings. The number of nitrogens with zero attached hydrogens (tertiary/aromatic N) is 3. The number of pyridine rings is 1. The molecule has 0 bridgehead atoms. The van der Waals surface area contributed by atoms with E-state index >= 15 is 0 Å². The van der Waals surface area contributed by atoms with Gasteiger partial charge in [-0.05, 0) is 30.7 Å². The average molecular weight is 453 g/mol. The Hall–Kier alpha value is -3.01. The summed E-state index contributed by atoms with van der Waals surface area (Å²) in [6.07, 6.45) is 3.16. The molecule has 1 aromatic carbocycles. The molecule has 0 aliphatic carbocycles. The lowest BCUT2D eigenvalue weighted by Crippen LogP contribution is -2.31. The van der Waals surface area contributed by atoms with E-state index in [0.717, 1.165) is 17.3 Å². The van der Waals surface area contributed by atoms with Crippen molar-refractivity contribution in [2.24, 2.45) is 0 Å². The van der Waals surface area contributed by atoms with E-state index < -0.39 is 0 Å². The summed E-state index contributed by atoms with van der Waals surface area (Å²) in [4.78, 5) is 32.7. The zero-order chi connectivity index (χ0) is 22.0. The van der Waals surface area contributed by atoms with E-state index in [1.165, 1.54) is 10.5 Å². The third-order valence-corrected chi connectivity index (χ3v) is 6.27. The van der Waals surface area contributed by atoms with Gasteiger partial charge in [0.05, 0.1) is 23.1 Å².